The summed E-state index contributed by atoms with van der Waals surface area (Å²) >= 11 is 0. The minimum atomic E-state index is -0.277. The molecule has 0 bridgehead atoms. The van der Waals surface area contributed by atoms with Crippen molar-refractivity contribution < 1.29 is 18.7 Å². The average Bonchev–Trinajstić information content (AvgIpc) is 3.40. The number of pyridine rings is 1. The highest BCUT2D eigenvalue weighted by Crippen LogP contribution is 2.31. The Kier molecular flexibility index (Phi) is 4.39. The summed E-state index contributed by atoms with van der Waals surface area (Å²) in [5.74, 6) is 1.75. The topological polar surface area (TPSA) is 91.4 Å². The van der Waals surface area contributed by atoms with Gasteiger partial charge in [-0.3, -0.25) is 9.48 Å². The van der Waals surface area contributed by atoms with Gasteiger partial charge in [0.2, 0.25) is 0 Å². The highest BCUT2D eigenvalue weighted by atomic mass is 16.6. The van der Waals surface area contributed by atoms with E-state index in [2.05, 4.69) is 15.4 Å². The zero-order valence-corrected chi connectivity index (χ0v) is 16.6. The van der Waals surface area contributed by atoms with Crippen LogP contribution in [0.15, 0.2) is 53.1 Å². The summed E-state index contributed by atoms with van der Waals surface area (Å²) in [4.78, 5) is 17.8. The highest BCUT2D eigenvalue weighted by molar-refractivity contribution is 6.07. The van der Waals surface area contributed by atoms with Crippen LogP contribution in [0.25, 0.3) is 22.5 Å². The van der Waals surface area contributed by atoms with Gasteiger partial charge in [0, 0.05) is 7.05 Å². The van der Waals surface area contributed by atoms with E-state index in [1.165, 1.54) is 0 Å². The Morgan fingerprint density at radius 1 is 1.23 bits per heavy atom. The monoisotopic (exact) mass is 404 g/mol. The Morgan fingerprint density at radius 3 is 2.87 bits per heavy atom. The molecule has 1 amide bonds. The second-order valence-corrected chi connectivity index (χ2v) is 7.15. The zero-order valence-electron chi connectivity index (χ0n) is 16.6. The van der Waals surface area contributed by atoms with Crippen LogP contribution >= 0.6 is 0 Å². The molecule has 0 fully saturated rings. The molecule has 0 radical (unpaired) electrons. The van der Waals surface area contributed by atoms with Crippen molar-refractivity contribution in [2.45, 2.75) is 13.0 Å². The van der Waals surface area contributed by atoms with Crippen LogP contribution in [-0.4, -0.2) is 39.9 Å². The minimum Gasteiger partial charge on any atom is -0.486 e. The Bertz CT molecular complexity index is 1230. The first-order valence-electron chi connectivity index (χ1n) is 9.65. The molecule has 1 aliphatic heterocycles. The number of aromatic nitrogens is 3. The molecule has 4 heterocycles. The minimum absolute atomic E-state index is 0.228. The van der Waals surface area contributed by atoms with Crippen LogP contribution in [0.3, 0.4) is 0 Å². The third kappa shape index (κ3) is 3.16. The molecule has 8 nitrogen and oxygen atoms in total. The molecule has 152 valence electrons. The summed E-state index contributed by atoms with van der Waals surface area (Å²) in [6.45, 7) is 2.54. The van der Waals surface area contributed by atoms with Crippen molar-refractivity contribution in [2.24, 2.45) is 7.05 Å². The number of furan rings is 1. The van der Waals surface area contributed by atoms with Gasteiger partial charge >= 0.3 is 0 Å². The fraction of sp³-hybridized carbons (Fsp3) is 0.227. The number of fused-ring (bicyclic) bond motifs is 2. The van der Waals surface area contributed by atoms with Gasteiger partial charge in [0.05, 0.1) is 29.5 Å². The van der Waals surface area contributed by atoms with E-state index in [1.54, 1.807) is 30.1 Å². The first-order valence-corrected chi connectivity index (χ1v) is 9.65. The Hall–Kier alpha value is -3.81. The molecule has 0 aliphatic carbocycles. The van der Waals surface area contributed by atoms with Gasteiger partial charge < -0.3 is 19.2 Å². The smallest absolute Gasteiger partial charge is 0.252 e. The number of rotatable bonds is 4. The average molecular weight is 404 g/mol. The third-order valence-electron chi connectivity index (χ3n) is 5.04. The number of ether oxygens (including phenoxy) is 2. The number of carbonyl (C=O) groups excluding carboxylic acids is 1. The molecule has 1 aromatic carbocycles. The molecule has 0 saturated heterocycles. The molecule has 8 heteroatoms. The molecule has 30 heavy (non-hydrogen) atoms. The van der Waals surface area contributed by atoms with E-state index in [0.29, 0.717) is 47.3 Å². The lowest BCUT2D eigenvalue weighted by molar-refractivity contribution is 0.0790. The quantitative estimate of drug-likeness (QED) is 0.562. The van der Waals surface area contributed by atoms with Crippen LogP contribution in [0.1, 0.15) is 16.1 Å². The molecular formula is C22H20N4O4. The van der Waals surface area contributed by atoms with Crippen LogP contribution in [-0.2, 0) is 7.05 Å². The van der Waals surface area contributed by atoms with E-state index in [-0.39, 0.29) is 12.0 Å². The van der Waals surface area contributed by atoms with Gasteiger partial charge in [0.1, 0.15) is 18.4 Å². The summed E-state index contributed by atoms with van der Waals surface area (Å²) in [7, 11) is 1.81. The van der Waals surface area contributed by atoms with E-state index < -0.39 is 0 Å². The summed E-state index contributed by atoms with van der Waals surface area (Å²) in [6.07, 6.45) is 1.30. The number of nitrogens with one attached hydrogen (secondary N) is 1. The first kappa shape index (κ1) is 18.2. The van der Waals surface area contributed by atoms with E-state index in [9.17, 15) is 4.79 Å². The predicted octanol–water partition coefficient (Wildman–Crippen LogP) is 3.11. The van der Waals surface area contributed by atoms with Crippen LogP contribution in [0.5, 0.6) is 11.5 Å². The van der Waals surface area contributed by atoms with E-state index in [0.717, 1.165) is 11.1 Å². The van der Waals surface area contributed by atoms with Crippen molar-refractivity contribution in [3.05, 3.63) is 60.0 Å². The van der Waals surface area contributed by atoms with Gasteiger partial charge in [-0.2, -0.15) is 5.10 Å². The number of hydrogen-bond donors (Lipinski definition) is 1. The van der Waals surface area contributed by atoms with Gasteiger partial charge in [0.15, 0.2) is 22.9 Å². The van der Waals surface area contributed by atoms with Gasteiger partial charge in [-0.05, 0) is 37.3 Å². The Morgan fingerprint density at radius 2 is 2.07 bits per heavy atom. The van der Waals surface area contributed by atoms with Gasteiger partial charge in [0.25, 0.3) is 5.91 Å². The van der Waals surface area contributed by atoms with E-state index >= 15 is 0 Å². The Balaban J connectivity index is 1.42. The van der Waals surface area contributed by atoms with Crippen molar-refractivity contribution in [1.82, 2.24) is 20.1 Å². The van der Waals surface area contributed by atoms with Crippen molar-refractivity contribution in [1.29, 1.82) is 0 Å². The van der Waals surface area contributed by atoms with Crippen LogP contribution in [0.4, 0.5) is 0 Å². The second kappa shape index (κ2) is 7.22. The SMILES string of the molecule is Cc1nn(C)c2nc(-c3ccco3)cc(C(=O)NCC3COc4ccccc4O3)c12. The zero-order chi connectivity index (χ0) is 20.7. The van der Waals surface area contributed by atoms with Crippen molar-refractivity contribution in [3.63, 3.8) is 0 Å². The fourth-order valence-electron chi connectivity index (χ4n) is 3.64. The lowest BCUT2D eigenvalue weighted by Crippen LogP contribution is -2.40. The molecule has 4 aromatic rings. The summed E-state index contributed by atoms with van der Waals surface area (Å²) in [5, 5.41) is 8.11. The largest absolute Gasteiger partial charge is 0.486 e. The van der Waals surface area contributed by atoms with Crippen LogP contribution in [0, 0.1) is 6.92 Å². The van der Waals surface area contributed by atoms with Crippen LogP contribution < -0.4 is 14.8 Å². The van der Waals surface area contributed by atoms with Gasteiger partial charge in [-0.1, -0.05) is 12.1 Å². The lowest BCUT2D eigenvalue weighted by atomic mass is 10.1. The number of para-hydroxylation sites is 2. The maximum Gasteiger partial charge on any atom is 0.252 e. The fourth-order valence-corrected chi connectivity index (χ4v) is 3.64. The molecule has 0 saturated carbocycles. The van der Waals surface area contributed by atoms with Crippen molar-refractivity contribution >= 4 is 16.9 Å². The standard InChI is InChI=1S/C22H20N4O4/c1-13-20-15(10-16(17-8-5-9-28-17)24-21(20)26(2)25-13)22(27)23-11-14-12-29-18-6-3-4-7-19(18)30-14/h3-10,14H,11-12H2,1-2H3,(H,23,27). The molecule has 1 aliphatic rings. The summed E-state index contributed by atoms with van der Waals surface area (Å²) in [5.41, 5.74) is 2.43. The highest BCUT2D eigenvalue weighted by Gasteiger charge is 2.24. The van der Waals surface area contributed by atoms with Crippen LogP contribution in [0.2, 0.25) is 0 Å². The Labute approximate surface area is 172 Å². The lowest BCUT2D eigenvalue weighted by Gasteiger charge is -2.26. The molecule has 5 rings (SSSR count). The van der Waals surface area contributed by atoms with Gasteiger partial charge in [-0.15, -0.1) is 0 Å². The predicted molar refractivity (Wildman–Crippen MR) is 110 cm³/mol. The maximum atomic E-state index is 13.1. The normalized spacial score (nSPS) is 15.3. The molecular weight excluding hydrogens is 384 g/mol. The summed E-state index contributed by atoms with van der Waals surface area (Å²) in [6, 6.07) is 12.8. The van der Waals surface area contributed by atoms with E-state index in [4.69, 9.17) is 13.9 Å². The number of benzene rings is 1. The number of aryl methyl sites for hydroxylation is 2. The molecule has 3 aromatic heterocycles. The maximum absolute atomic E-state index is 13.1. The molecule has 0 spiro atoms. The third-order valence-corrected chi connectivity index (χ3v) is 5.04. The van der Waals surface area contributed by atoms with Crippen molar-refractivity contribution in [3.8, 4) is 23.0 Å². The first-order chi connectivity index (χ1) is 14.6. The van der Waals surface area contributed by atoms with E-state index in [1.807, 2.05) is 37.3 Å². The van der Waals surface area contributed by atoms with Crippen molar-refractivity contribution in [2.75, 3.05) is 13.2 Å². The van der Waals surface area contributed by atoms with Gasteiger partial charge in [-0.25, -0.2) is 4.98 Å². The number of hydrogen-bond acceptors (Lipinski definition) is 6. The number of amides is 1. The second-order valence-electron chi connectivity index (χ2n) is 7.15. The molecule has 1 N–H and O–H groups in total. The number of carbonyl (C=O) groups is 1. The number of nitrogens with zero attached hydrogens (tertiary/aromatic N) is 3. The summed E-state index contributed by atoms with van der Waals surface area (Å²) < 4.78 is 18.8. The molecule has 1 unspecified atom stereocenters. The molecule has 1 atom stereocenters.